The van der Waals surface area contributed by atoms with Gasteiger partial charge in [0.1, 0.15) is 0 Å². The Hall–Kier alpha value is -2.96. The minimum absolute atomic E-state index is 0.176. The van der Waals surface area contributed by atoms with Gasteiger partial charge in [0.15, 0.2) is 11.3 Å². The molecule has 1 aromatic carbocycles. The second-order valence-electron chi connectivity index (χ2n) is 4.51. The second-order valence-corrected chi connectivity index (χ2v) is 4.51. The van der Waals surface area contributed by atoms with E-state index in [4.69, 9.17) is 13.9 Å². The quantitative estimate of drug-likeness (QED) is 0.594. The van der Waals surface area contributed by atoms with Crippen LogP contribution < -0.4 is 9.64 Å². The molecule has 7 heteroatoms. The van der Waals surface area contributed by atoms with Crippen LogP contribution in [0.2, 0.25) is 0 Å². The predicted molar refractivity (Wildman–Crippen MR) is 78.0 cm³/mol. The van der Waals surface area contributed by atoms with Gasteiger partial charge in [0, 0.05) is 23.6 Å². The van der Waals surface area contributed by atoms with E-state index in [0.717, 1.165) is 10.9 Å². The molecule has 2 heterocycles. The summed E-state index contributed by atoms with van der Waals surface area (Å²) in [4.78, 5) is 24.7. The second kappa shape index (κ2) is 5.44. The van der Waals surface area contributed by atoms with E-state index in [1.54, 1.807) is 12.1 Å². The number of fused-ring (bicyclic) bond motifs is 3. The Labute approximate surface area is 125 Å². The fraction of sp³-hybridized carbons (Fsp3) is 0.200. The highest BCUT2D eigenvalue weighted by atomic mass is 16.7. The van der Waals surface area contributed by atoms with E-state index in [9.17, 15) is 9.59 Å². The summed E-state index contributed by atoms with van der Waals surface area (Å²) in [6, 6.07) is 3.29. The van der Waals surface area contributed by atoms with Gasteiger partial charge in [-0.2, -0.15) is 0 Å². The summed E-state index contributed by atoms with van der Waals surface area (Å²) in [5, 5.41) is 0.723. The van der Waals surface area contributed by atoms with Crippen molar-refractivity contribution < 1.29 is 28.2 Å². The molecule has 1 aliphatic heterocycles. The van der Waals surface area contributed by atoms with Crippen molar-refractivity contribution in [1.29, 1.82) is 0 Å². The Bertz CT molecular complexity index is 776. The van der Waals surface area contributed by atoms with Crippen LogP contribution in [-0.2, 0) is 9.47 Å². The number of carbonyl (C=O) groups is 2. The fourth-order valence-corrected chi connectivity index (χ4v) is 2.38. The van der Waals surface area contributed by atoms with Crippen LogP contribution in [0.4, 0.5) is 15.3 Å². The van der Waals surface area contributed by atoms with E-state index in [0.29, 0.717) is 17.8 Å². The largest absolute Gasteiger partial charge is 0.513 e. The molecular formula is C15H13NO6. The van der Waals surface area contributed by atoms with Crippen molar-refractivity contribution in [2.24, 2.45) is 0 Å². The molecule has 0 atom stereocenters. The first-order valence-corrected chi connectivity index (χ1v) is 6.47. The lowest BCUT2D eigenvalue weighted by atomic mass is 10.0. The summed E-state index contributed by atoms with van der Waals surface area (Å²) in [6.45, 7) is 0.362. The molecule has 114 valence electrons. The Morgan fingerprint density at radius 3 is 2.82 bits per heavy atom. The van der Waals surface area contributed by atoms with Crippen LogP contribution in [0.5, 0.6) is 5.75 Å². The molecule has 2 aromatic rings. The van der Waals surface area contributed by atoms with Crippen molar-refractivity contribution in [3.63, 3.8) is 0 Å². The van der Waals surface area contributed by atoms with Crippen molar-refractivity contribution >= 4 is 35.0 Å². The summed E-state index contributed by atoms with van der Waals surface area (Å²) < 4.78 is 19.8. The molecule has 0 saturated heterocycles. The number of nitrogens with zero attached hydrogens (tertiary/aromatic N) is 1. The van der Waals surface area contributed by atoms with Crippen LogP contribution in [0.15, 0.2) is 28.9 Å². The number of carbonyl (C=O) groups excluding carboxylic acids is 2. The molecule has 0 unspecified atom stereocenters. The Balaban J connectivity index is 2.18. The van der Waals surface area contributed by atoms with Gasteiger partial charge in [-0.15, -0.1) is 0 Å². The van der Waals surface area contributed by atoms with Crippen LogP contribution in [0.3, 0.4) is 0 Å². The average Bonchev–Trinajstić information content (AvgIpc) is 3.03. The Morgan fingerprint density at radius 1 is 1.27 bits per heavy atom. The molecule has 0 fully saturated rings. The van der Waals surface area contributed by atoms with Gasteiger partial charge in [0.05, 0.1) is 26.2 Å². The smallest absolute Gasteiger partial charge is 0.460 e. The van der Waals surface area contributed by atoms with Gasteiger partial charge in [-0.1, -0.05) is 12.2 Å². The lowest BCUT2D eigenvalue weighted by molar-refractivity contribution is 0.121. The van der Waals surface area contributed by atoms with Crippen LogP contribution in [0.1, 0.15) is 5.56 Å². The third kappa shape index (κ3) is 2.16. The van der Waals surface area contributed by atoms with Gasteiger partial charge in [-0.05, 0) is 6.07 Å². The minimum atomic E-state index is -0.867. The molecule has 1 aliphatic rings. The molecule has 0 spiro atoms. The highest BCUT2D eigenvalue weighted by Crippen LogP contribution is 2.39. The van der Waals surface area contributed by atoms with Gasteiger partial charge in [0.2, 0.25) is 0 Å². The van der Waals surface area contributed by atoms with Gasteiger partial charge in [0.25, 0.3) is 0 Å². The summed E-state index contributed by atoms with van der Waals surface area (Å²) in [6.07, 6.45) is 3.84. The van der Waals surface area contributed by atoms with E-state index in [1.165, 1.54) is 25.4 Å². The highest BCUT2D eigenvalue weighted by Gasteiger charge is 2.25. The number of hydrogen-bond acceptors (Lipinski definition) is 6. The zero-order valence-corrected chi connectivity index (χ0v) is 12.0. The number of amides is 1. The molecule has 0 aliphatic carbocycles. The number of benzene rings is 1. The first-order valence-electron chi connectivity index (χ1n) is 6.47. The van der Waals surface area contributed by atoms with E-state index >= 15 is 0 Å². The topological polar surface area (TPSA) is 78.2 Å². The summed E-state index contributed by atoms with van der Waals surface area (Å²) >= 11 is 0. The SMILES string of the molecule is COC(=O)Oc1cc2c(c3ccoc13)C=CCN2C(=O)OC. The maximum Gasteiger partial charge on any atom is 0.513 e. The molecule has 0 bridgehead atoms. The number of methoxy groups -OCH3 is 2. The summed E-state index contributed by atoms with van der Waals surface area (Å²) in [5.74, 6) is 0.176. The van der Waals surface area contributed by atoms with Crippen molar-refractivity contribution in [2.45, 2.75) is 0 Å². The molecule has 7 nitrogen and oxygen atoms in total. The zero-order valence-electron chi connectivity index (χ0n) is 12.0. The number of ether oxygens (including phenoxy) is 3. The standard InChI is InChI=1S/C15H13NO6/c1-19-14(17)16-6-3-4-9-10-5-7-21-13(10)12(8-11(9)16)22-15(18)20-2/h3-5,7-8H,6H2,1-2H3. The number of rotatable bonds is 1. The lowest BCUT2D eigenvalue weighted by Gasteiger charge is -2.25. The maximum absolute atomic E-state index is 11.9. The molecule has 22 heavy (non-hydrogen) atoms. The highest BCUT2D eigenvalue weighted by molar-refractivity contribution is 6.03. The van der Waals surface area contributed by atoms with Crippen LogP contribution >= 0.6 is 0 Å². The number of anilines is 1. The van der Waals surface area contributed by atoms with E-state index in [-0.39, 0.29) is 5.75 Å². The van der Waals surface area contributed by atoms with Crippen LogP contribution in [-0.4, -0.2) is 33.0 Å². The average molecular weight is 303 g/mol. The van der Waals surface area contributed by atoms with Crippen molar-refractivity contribution in [3.05, 3.63) is 30.0 Å². The van der Waals surface area contributed by atoms with Gasteiger partial charge in [-0.25, -0.2) is 9.59 Å². The minimum Gasteiger partial charge on any atom is -0.460 e. The van der Waals surface area contributed by atoms with Crippen molar-refractivity contribution in [1.82, 2.24) is 0 Å². The molecule has 1 aromatic heterocycles. The summed E-state index contributed by atoms with van der Waals surface area (Å²) in [7, 11) is 2.52. The summed E-state index contributed by atoms with van der Waals surface area (Å²) in [5.41, 5.74) is 1.76. The van der Waals surface area contributed by atoms with E-state index in [1.807, 2.05) is 12.2 Å². The first-order chi connectivity index (χ1) is 10.7. The zero-order chi connectivity index (χ0) is 15.7. The molecule has 0 radical (unpaired) electrons. The van der Waals surface area contributed by atoms with Gasteiger partial charge < -0.3 is 18.6 Å². The maximum atomic E-state index is 11.9. The molecule has 0 N–H and O–H groups in total. The Kier molecular flexibility index (Phi) is 3.46. The molecular weight excluding hydrogens is 290 g/mol. The third-order valence-electron chi connectivity index (χ3n) is 3.34. The first kappa shape index (κ1) is 14.0. The predicted octanol–water partition coefficient (Wildman–Crippen LogP) is 3.18. The third-order valence-corrected chi connectivity index (χ3v) is 3.34. The van der Waals surface area contributed by atoms with Gasteiger partial charge >= 0.3 is 12.2 Å². The lowest BCUT2D eigenvalue weighted by Crippen LogP contribution is -2.32. The fourth-order valence-electron chi connectivity index (χ4n) is 2.38. The van der Waals surface area contributed by atoms with Gasteiger partial charge in [-0.3, -0.25) is 4.90 Å². The number of furan rings is 1. The van der Waals surface area contributed by atoms with E-state index in [2.05, 4.69) is 4.74 Å². The Morgan fingerprint density at radius 2 is 2.09 bits per heavy atom. The number of hydrogen-bond donors (Lipinski definition) is 0. The van der Waals surface area contributed by atoms with Crippen LogP contribution in [0.25, 0.3) is 17.0 Å². The normalized spacial score (nSPS) is 12.9. The monoisotopic (exact) mass is 303 g/mol. The van der Waals surface area contributed by atoms with Crippen molar-refractivity contribution in [2.75, 3.05) is 25.7 Å². The molecule has 1 amide bonds. The molecule has 0 saturated carbocycles. The van der Waals surface area contributed by atoms with Crippen LogP contribution in [0, 0.1) is 0 Å². The molecule has 3 rings (SSSR count). The van der Waals surface area contributed by atoms with Crippen molar-refractivity contribution in [3.8, 4) is 5.75 Å². The van der Waals surface area contributed by atoms with E-state index < -0.39 is 12.2 Å².